The van der Waals surface area contributed by atoms with Crippen molar-refractivity contribution in [2.75, 3.05) is 38.2 Å². The highest BCUT2D eigenvalue weighted by molar-refractivity contribution is 5.93. The van der Waals surface area contributed by atoms with E-state index in [4.69, 9.17) is 5.26 Å². The number of nitrogens with zero attached hydrogens (tertiary/aromatic N) is 6. The monoisotopic (exact) mass is 553 g/mol. The number of halogens is 3. The molecule has 3 heterocycles. The smallest absolute Gasteiger partial charge is 0.395 e. The Morgan fingerprint density at radius 1 is 1.07 bits per heavy atom. The molecule has 1 amide bonds. The number of aryl methyl sites for hydroxylation is 1. The number of hydrogen-bond donors (Lipinski definition) is 3. The zero-order valence-corrected chi connectivity index (χ0v) is 21.3. The number of alkyl halides is 3. The quantitative estimate of drug-likeness (QED) is 0.241. The first-order valence-electron chi connectivity index (χ1n) is 12.4. The number of aliphatic hydroxyl groups excluding tert-OH is 2. The average Bonchev–Trinajstić information content (AvgIpc) is 3.39. The number of imidazole rings is 1. The molecule has 0 radical (unpaired) electrons. The normalized spacial score (nSPS) is 11.4. The van der Waals surface area contributed by atoms with Crippen LogP contribution in [0.1, 0.15) is 33.7 Å². The number of nitrogens with one attached hydrogen (secondary N) is 1. The number of amides is 1. The zero-order chi connectivity index (χ0) is 28.7. The zero-order valence-electron chi connectivity index (χ0n) is 21.3. The van der Waals surface area contributed by atoms with E-state index in [2.05, 4.69) is 20.3 Å². The second-order valence-corrected chi connectivity index (χ2v) is 8.81. The maximum Gasteiger partial charge on any atom is 0.416 e. The summed E-state index contributed by atoms with van der Waals surface area (Å²) in [5.41, 5.74) is 1.66. The van der Waals surface area contributed by atoms with Crippen LogP contribution in [0, 0.1) is 11.3 Å². The molecule has 0 aliphatic rings. The fourth-order valence-corrected chi connectivity index (χ4v) is 4.02. The van der Waals surface area contributed by atoms with Crippen LogP contribution in [-0.2, 0) is 12.6 Å². The van der Waals surface area contributed by atoms with Crippen LogP contribution in [0.25, 0.3) is 16.9 Å². The highest BCUT2D eigenvalue weighted by Gasteiger charge is 2.30. The van der Waals surface area contributed by atoms with Gasteiger partial charge < -0.3 is 20.4 Å². The maximum absolute atomic E-state index is 13.1. The van der Waals surface area contributed by atoms with Gasteiger partial charge in [-0.3, -0.25) is 14.2 Å². The Morgan fingerprint density at radius 2 is 1.80 bits per heavy atom. The Hall–Kier alpha value is -4.54. The van der Waals surface area contributed by atoms with Crippen LogP contribution in [-0.4, -0.2) is 73.2 Å². The van der Waals surface area contributed by atoms with Crippen molar-refractivity contribution in [1.82, 2.24) is 24.3 Å². The molecule has 4 rings (SSSR count). The van der Waals surface area contributed by atoms with Crippen molar-refractivity contribution in [1.29, 1.82) is 5.26 Å². The Labute approximate surface area is 227 Å². The van der Waals surface area contributed by atoms with Crippen molar-refractivity contribution in [3.63, 3.8) is 0 Å². The molecule has 0 saturated heterocycles. The molecule has 0 saturated carbocycles. The lowest BCUT2D eigenvalue weighted by atomic mass is 10.1. The molecule has 10 nitrogen and oxygen atoms in total. The summed E-state index contributed by atoms with van der Waals surface area (Å²) in [5.74, 6) is -0.177. The lowest BCUT2D eigenvalue weighted by molar-refractivity contribution is -0.137. The first-order chi connectivity index (χ1) is 19.2. The first-order valence-corrected chi connectivity index (χ1v) is 12.4. The van der Waals surface area contributed by atoms with E-state index in [1.165, 1.54) is 29.4 Å². The van der Waals surface area contributed by atoms with Gasteiger partial charge in [0.1, 0.15) is 17.4 Å². The molecular formula is C27H26F3N7O3. The van der Waals surface area contributed by atoms with E-state index in [9.17, 15) is 28.2 Å². The largest absolute Gasteiger partial charge is 0.416 e. The molecule has 0 fully saturated rings. The molecule has 0 spiro atoms. The number of carbonyl (C=O) groups is 1. The molecular weight excluding hydrogens is 527 g/mol. The summed E-state index contributed by atoms with van der Waals surface area (Å²) < 4.78 is 40.7. The third-order valence-corrected chi connectivity index (χ3v) is 6.05. The van der Waals surface area contributed by atoms with Crippen LogP contribution < -0.4 is 5.32 Å². The highest BCUT2D eigenvalue weighted by Crippen LogP contribution is 2.31. The van der Waals surface area contributed by atoms with Gasteiger partial charge in [-0.05, 0) is 37.1 Å². The summed E-state index contributed by atoms with van der Waals surface area (Å²) in [7, 11) is 0. The minimum Gasteiger partial charge on any atom is -0.395 e. The minimum absolute atomic E-state index is 0.0107. The number of hydrogen-bond acceptors (Lipinski definition) is 8. The summed E-state index contributed by atoms with van der Waals surface area (Å²) in [6.45, 7) is -0.115. The Bertz CT molecular complexity index is 1490. The lowest BCUT2D eigenvalue weighted by Crippen LogP contribution is -2.36. The van der Waals surface area contributed by atoms with Gasteiger partial charge in [-0.15, -0.1) is 0 Å². The molecule has 208 valence electrons. The van der Waals surface area contributed by atoms with Crippen molar-refractivity contribution >= 4 is 17.5 Å². The summed E-state index contributed by atoms with van der Waals surface area (Å²) in [5, 5.41) is 30.7. The molecule has 13 heteroatoms. The molecule has 3 aromatic heterocycles. The van der Waals surface area contributed by atoms with Crippen LogP contribution in [0.3, 0.4) is 0 Å². The van der Waals surface area contributed by atoms with Crippen LogP contribution >= 0.6 is 0 Å². The number of benzene rings is 1. The predicted octanol–water partition coefficient (Wildman–Crippen LogP) is 3.15. The number of carbonyl (C=O) groups excluding carboxylic acids is 1. The lowest BCUT2D eigenvalue weighted by Gasteiger charge is -2.19. The predicted molar refractivity (Wildman–Crippen MR) is 139 cm³/mol. The standard InChI is InChI=1S/C27H26F3N7O3/c28-27(29,30)20-6-4-19(5-7-20)22-14-24-34-23(25(40)36(10-12-38)11-13-39)17-37(24)26(35-22)32-9-1-2-21-8-3-18(15-31)16-33-21/h3-8,14,16-17,38-39H,1-2,9-13H2,(H,32,35). The number of rotatable bonds is 11. The number of anilines is 1. The third-order valence-electron chi connectivity index (χ3n) is 6.05. The van der Waals surface area contributed by atoms with Crippen molar-refractivity contribution in [3.8, 4) is 17.3 Å². The Morgan fingerprint density at radius 3 is 2.40 bits per heavy atom. The van der Waals surface area contributed by atoms with Gasteiger partial charge in [-0.25, -0.2) is 9.97 Å². The van der Waals surface area contributed by atoms with Gasteiger partial charge in [0.05, 0.1) is 30.0 Å². The minimum atomic E-state index is -4.47. The van der Waals surface area contributed by atoms with Gasteiger partial charge in [0.25, 0.3) is 5.91 Å². The van der Waals surface area contributed by atoms with E-state index < -0.39 is 17.6 Å². The molecule has 0 bridgehead atoms. The summed E-state index contributed by atoms with van der Waals surface area (Å²) in [6.07, 6.45) is -0.227. The third kappa shape index (κ3) is 6.71. The second-order valence-electron chi connectivity index (χ2n) is 8.81. The molecule has 0 aliphatic heterocycles. The van der Waals surface area contributed by atoms with Gasteiger partial charge in [-0.1, -0.05) is 12.1 Å². The fraction of sp³-hybridized carbons (Fsp3) is 0.296. The van der Waals surface area contributed by atoms with Crippen molar-refractivity contribution in [2.45, 2.75) is 19.0 Å². The molecule has 0 unspecified atom stereocenters. The van der Waals surface area contributed by atoms with Crippen molar-refractivity contribution in [2.24, 2.45) is 0 Å². The van der Waals surface area contributed by atoms with Gasteiger partial charge in [0.2, 0.25) is 5.95 Å². The molecule has 0 atom stereocenters. The number of fused-ring (bicyclic) bond motifs is 1. The molecule has 4 aromatic rings. The Balaban J connectivity index is 1.63. The van der Waals surface area contributed by atoms with Gasteiger partial charge in [-0.2, -0.15) is 18.4 Å². The van der Waals surface area contributed by atoms with Crippen LogP contribution in [0.5, 0.6) is 0 Å². The summed E-state index contributed by atoms with van der Waals surface area (Å²) in [6, 6.07) is 11.6. The molecule has 0 aliphatic carbocycles. The van der Waals surface area contributed by atoms with E-state index in [-0.39, 0.29) is 32.0 Å². The maximum atomic E-state index is 13.1. The van der Waals surface area contributed by atoms with Crippen molar-refractivity contribution < 1.29 is 28.2 Å². The summed E-state index contributed by atoms with van der Waals surface area (Å²) >= 11 is 0. The molecule has 1 aromatic carbocycles. The van der Waals surface area contributed by atoms with Gasteiger partial charge in [0.15, 0.2) is 0 Å². The SMILES string of the molecule is N#Cc1ccc(CCCNc2nc(-c3ccc(C(F)(F)F)cc3)cc3nc(C(=O)N(CCO)CCO)cn23)nc1. The van der Waals surface area contributed by atoms with Gasteiger partial charge >= 0.3 is 6.18 Å². The second kappa shape index (κ2) is 12.5. The molecule has 3 N–H and O–H groups in total. The van der Waals surface area contributed by atoms with Crippen LogP contribution in [0.4, 0.5) is 19.1 Å². The van der Waals surface area contributed by atoms with E-state index in [0.29, 0.717) is 47.8 Å². The van der Waals surface area contributed by atoms with E-state index in [0.717, 1.165) is 17.8 Å². The van der Waals surface area contributed by atoms with Crippen LogP contribution in [0.2, 0.25) is 0 Å². The number of pyridine rings is 1. The average molecular weight is 554 g/mol. The fourth-order valence-electron chi connectivity index (χ4n) is 4.02. The van der Waals surface area contributed by atoms with E-state index in [1.54, 1.807) is 22.6 Å². The topological polar surface area (TPSA) is 140 Å². The first kappa shape index (κ1) is 28.5. The number of nitriles is 1. The molecule has 40 heavy (non-hydrogen) atoms. The Kier molecular flexibility index (Phi) is 8.93. The van der Waals surface area contributed by atoms with Crippen LogP contribution in [0.15, 0.2) is 54.9 Å². The summed E-state index contributed by atoms with van der Waals surface area (Å²) in [4.78, 5) is 27.5. The highest BCUT2D eigenvalue weighted by atomic mass is 19.4. The van der Waals surface area contributed by atoms with E-state index >= 15 is 0 Å². The number of aromatic nitrogens is 4. The number of aliphatic hydroxyl groups is 2. The van der Waals surface area contributed by atoms with Gasteiger partial charge in [0, 0.05) is 49.4 Å². The van der Waals surface area contributed by atoms with E-state index in [1.807, 2.05) is 6.07 Å². The van der Waals surface area contributed by atoms with Crippen molar-refractivity contribution in [3.05, 3.63) is 77.4 Å².